The fourth-order valence-electron chi connectivity index (χ4n) is 2.74. The lowest BCUT2D eigenvalue weighted by molar-refractivity contribution is -0.910. The molecule has 0 bridgehead atoms. The molecule has 15 heavy (non-hydrogen) atoms. The molecule has 0 aliphatic rings. The normalized spacial score (nSPS) is 15.1. The van der Waals surface area contributed by atoms with Crippen LogP contribution in [0.25, 0.3) is 0 Å². The molecule has 1 rings (SSSR count). The molecule has 1 nitrogen and oxygen atoms in total. The van der Waals surface area contributed by atoms with Crippen LogP contribution in [0.2, 0.25) is 0 Å². The standard InChI is InChI=1S/C14H24N/c1-14(2,3)13(15(4,5)6)12-10-8-7-9-11-12/h7-11,13H,1-6H3/q+1. The molecule has 1 atom stereocenters. The van der Waals surface area contributed by atoms with Gasteiger partial charge in [-0.15, -0.1) is 0 Å². The lowest BCUT2D eigenvalue weighted by Gasteiger charge is -2.42. The van der Waals surface area contributed by atoms with Crippen molar-refractivity contribution in [3.8, 4) is 0 Å². The molecule has 0 heterocycles. The Bertz CT molecular complexity index is 286. The first kappa shape index (κ1) is 12.3. The molecule has 1 unspecified atom stereocenters. The highest BCUT2D eigenvalue weighted by molar-refractivity contribution is 5.19. The van der Waals surface area contributed by atoms with Crippen molar-refractivity contribution >= 4 is 0 Å². The Morgan fingerprint density at radius 2 is 1.40 bits per heavy atom. The molecular formula is C14H24N+. The molecule has 0 saturated heterocycles. The highest BCUT2D eigenvalue weighted by Crippen LogP contribution is 2.39. The summed E-state index contributed by atoms with van der Waals surface area (Å²) in [6.45, 7) is 6.94. The minimum absolute atomic E-state index is 0.277. The van der Waals surface area contributed by atoms with E-state index < -0.39 is 0 Å². The second kappa shape index (κ2) is 3.97. The maximum atomic E-state index is 2.31. The molecule has 0 spiro atoms. The molecule has 1 aromatic rings. The molecule has 0 fully saturated rings. The summed E-state index contributed by atoms with van der Waals surface area (Å²) in [7, 11) is 6.80. The largest absolute Gasteiger partial charge is 0.324 e. The van der Waals surface area contributed by atoms with E-state index >= 15 is 0 Å². The van der Waals surface area contributed by atoms with Crippen LogP contribution < -0.4 is 0 Å². The summed E-state index contributed by atoms with van der Waals surface area (Å²) >= 11 is 0. The topological polar surface area (TPSA) is 0 Å². The molecule has 0 aromatic heterocycles. The maximum absolute atomic E-state index is 2.31. The molecule has 0 amide bonds. The van der Waals surface area contributed by atoms with Crippen LogP contribution in [0.3, 0.4) is 0 Å². The number of hydrogen-bond donors (Lipinski definition) is 0. The molecule has 0 aliphatic carbocycles. The predicted molar refractivity (Wildman–Crippen MR) is 66.7 cm³/mol. The summed E-state index contributed by atoms with van der Waals surface area (Å²) in [4.78, 5) is 0. The van der Waals surface area contributed by atoms with Crippen LogP contribution in [0.1, 0.15) is 32.4 Å². The van der Waals surface area contributed by atoms with Gasteiger partial charge in [-0.25, -0.2) is 0 Å². The van der Waals surface area contributed by atoms with E-state index in [1.807, 2.05) is 0 Å². The molecule has 0 saturated carbocycles. The van der Waals surface area contributed by atoms with E-state index in [1.54, 1.807) is 0 Å². The van der Waals surface area contributed by atoms with Crippen LogP contribution >= 0.6 is 0 Å². The average Bonchev–Trinajstić information content (AvgIpc) is 2.00. The number of rotatable bonds is 2. The third-order valence-corrected chi connectivity index (χ3v) is 2.71. The molecule has 1 heteroatoms. The smallest absolute Gasteiger partial charge is 0.119 e. The number of nitrogens with zero attached hydrogens (tertiary/aromatic N) is 1. The number of hydrogen-bond acceptors (Lipinski definition) is 0. The van der Waals surface area contributed by atoms with Crippen LogP contribution in [0.4, 0.5) is 0 Å². The Balaban J connectivity index is 3.15. The van der Waals surface area contributed by atoms with E-state index in [0.29, 0.717) is 6.04 Å². The van der Waals surface area contributed by atoms with Gasteiger partial charge in [0.2, 0.25) is 0 Å². The van der Waals surface area contributed by atoms with Gasteiger partial charge in [0.05, 0.1) is 21.1 Å². The summed E-state index contributed by atoms with van der Waals surface area (Å²) in [5.74, 6) is 0. The highest BCUT2D eigenvalue weighted by atomic mass is 15.3. The fourth-order valence-corrected chi connectivity index (χ4v) is 2.74. The van der Waals surface area contributed by atoms with E-state index in [1.165, 1.54) is 5.56 Å². The number of benzene rings is 1. The van der Waals surface area contributed by atoms with E-state index in [-0.39, 0.29) is 5.41 Å². The van der Waals surface area contributed by atoms with Gasteiger partial charge in [0.15, 0.2) is 0 Å². The van der Waals surface area contributed by atoms with Crippen molar-refractivity contribution in [3.05, 3.63) is 35.9 Å². The minimum atomic E-state index is 0.277. The third kappa shape index (κ3) is 3.07. The fraction of sp³-hybridized carbons (Fsp3) is 0.571. The van der Waals surface area contributed by atoms with Gasteiger partial charge >= 0.3 is 0 Å². The van der Waals surface area contributed by atoms with Gasteiger partial charge in [-0.2, -0.15) is 0 Å². The molecule has 0 radical (unpaired) electrons. The van der Waals surface area contributed by atoms with Gasteiger partial charge in [0.25, 0.3) is 0 Å². The van der Waals surface area contributed by atoms with E-state index in [4.69, 9.17) is 0 Å². The maximum Gasteiger partial charge on any atom is 0.119 e. The molecule has 84 valence electrons. The summed E-state index contributed by atoms with van der Waals surface area (Å²) in [6.07, 6.45) is 0. The van der Waals surface area contributed by atoms with Crippen molar-refractivity contribution in [3.63, 3.8) is 0 Å². The second-order valence-electron chi connectivity index (χ2n) is 6.30. The Hall–Kier alpha value is -0.820. The summed E-state index contributed by atoms with van der Waals surface area (Å²) < 4.78 is 0.966. The van der Waals surface area contributed by atoms with Crippen molar-refractivity contribution in [1.82, 2.24) is 0 Å². The molecule has 0 N–H and O–H groups in total. The van der Waals surface area contributed by atoms with Crippen molar-refractivity contribution in [2.75, 3.05) is 21.1 Å². The van der Waals surface area contributed by atoms with Crippen molar-refractivity contribution < 1.29 is 4.48 Å². The summed E-state index contributed by atoms with van der Waals surface area (Å²) in [5, 5.41) is 0. The second-order valence-corrected chi connectivity index (χ2v) is 6.30. The third-order valence-electron chi connectivity index (χ3n) is 2.71. The SMILES string of the molecule is CC(C)(C)C(c1ccccc1)[N+](C)(C)C. The zero-order valence-electron chi connectivity index (χ0n) is 10.9. The van der Waals surface area contributed by atoms with Crippen molar-refractivity contribution in [2.24, 2.45) is 5.41 Å². The van der Waals surface area contributed by atoms with E-state index in [2.05, 4.69) is 72.2 Å². The zero-order chi connectivity index (χ0) is 11.7. The Kier molecular flexibility index (Phi) is 3.25. The van der Waals surface area contributed by atoms with Gasteiger partial charge in [-0.3, -0.25) is 0 Å². The Morgan fingerprint density at radius 1 is 0.933 bits per heavy atom. The quantitative estimate of drug-likeness (QED) is 0.650. The van der Waals surface area contributed by atoms with Gasteiger partial charge in [-0.1, -0.05) is 51.1 Å². The van der Waals surface area contributed by atoms with Crippen LogP contribution in [-0.2, 0) is 0 Å². The highest BCUT2D eigenvalue weighted by Gasteiger charge is 2.36. The lowest BCUT2D eigenvalue weighted by atomic mass is 9.80. The lowest BCUT2D eigenvalue weighted by Crippen LogP contribution is -2.45. The van der Waals surface area contributed by atoms with Gasteiger partial charge < -0.3 is 4.48 Å². The first-order chi connectivity index (χ1) is 6.73. The first-order valence-electron chi connectivity index (χ1n) is 5.59. The van der Waals surface area contributed by atoms with Crippen LogP contribution in [-0.4, -0.2) is 25.6 Å². The Morgan fingerprint density at radius 3 is 1.73 bits per heavy atom. The van der Waals surface area contributed by atoms with Crippen LogP contribution in [0.5, 0.6) is 0 Å². The predicted octanol–water partition coefficient (Wildman–Crippen LogP) is 3.48. The summed E-state index contributed by atoms with van der Waals surface area (Å²) in [6, 6.07) is 11.3. The van der Waals surface area contributed by atoms with E-state index in [9.17, 15) is 0 Å². The van der Waals surface area contributed by atoms with Crippen LogP contribution in [0.15, 0.2) is 30.3 Å². The first-order valence-corrected chi connectivity index (χ1v) is 5.59. The average molecular weight is 206 g/mol. The molecule has 0 aliphatic heterocycles. The zero-order valence-corrected chi connectivity index (χ0v) is 10.9. The molecular weight excluding hydrogens is 182 g/mol. The Labute approximate surface area is 94.3 Å². The van der Waals surface area contributed by atoms with Gasteiger partial charge in [0, 0.05) is 11.0 Å². The molecule has 1 aromatic carbocycles. The monoisotopic (exact) mass is 206 g/mol. The number of quaternary nitrogens is 1. The minimum Gasteiger partial charge on any atom is -0.324 e. The summed E-state index contributed by atoms with van der Waals surface area (Å²) in [5.41, 5.74) is 1.71. The van der Waals surface area contributed by atoms with Gasteiger partial charge in [-0.05, 0) is 0 Å². The van der Waals surface area contributed by atoms with Crippen LogP contribution in [0, 0.1) is 5.41 Å². The van der Waals surface area contributed by atoms with E-state index in [0.717, 1.165) is 4.48 Å². The van der Waals surface area contributed by atoms with Gasteiger partial charge in [0.1, 0.15) is 6.04 Å². The van der Waals surface area contributed by atoms with Crippen molar-refractivity contribution in [1.29, 1.82) is 0 Å². The van der Waals surface area contributed by atoms with Crippen molar-refractivity contribution in [2.45, 2.75) is 26.8 Å².